The third-order valence-corrected chi connectivity index (χ3v) is 1.94. The molecule has 0 spiro atoms. The van der Waals surface area contributed by atoms with Gasteiger partial charge in [0.25, 0.3) is 0 Å². The quantitative estimate of drug-likeness (QED) is 0.615. The van der Waals surface area contributed by atoms with E-state index in [4.69, 9.17) is 5.73 Å². The lowest BCUT2D eigenvalue weighted by Gasteiger charge is -2.14. The van der Waals surface area contributed by atoms with Gasteiger partial charge in [-0.1, -0.05) is 13.8 Å². The van der Waals surface area contributed by atoms with E-state index in [1.165, 1.54) is 0 Å². The average molecular weight is 156 g/mol. The van der Waals surface area contributed by atoms with Crippen molar-refractivity contribution in [3.05, 3.63) is 0 Å². The Balaban J connectivity index is 2.26. The summed E-state index contributed by atoms with van der Waals surface area (Å²) < 4.78 is 0. The fourth-order valence-electron chi connectivity index (χ4n) is 0.828. The van der Waals surface area contributed by atoms with Crippen LogP contribution in [0.5, 0.6) is 0 Å². The van der Waals surface area contributed by atoms with Gasteiger partial charge in [0, 0.05) is 6.04 Å². The maximum atomic E-state index is 11.2. The Kier molecular flexibility index (Phi) is 2.49. The molecule has 3 nitrogen and oxygen atoms in total. The van der Waals surface area contributed by atoms with E-state index >= 15 is 0 Å². The van der Waals surface area contributed by atoms with E-state index in [0.717, 1.165) is 12.8 Å². The largest absolute Gasteiger partial charge is 0.352 e. The van der Waals surface area contributed by atoms with Crippen molar-refractivity contribution in [2.45, 2.75) is 38.8 Å². The zero-order valence-electron chi connectivity index (χ0n) is 7.13. The van der Waals surface area contributed by atoms with Crippen LogP contribution in [0.15, 0.2) is 0 Å². The molecule has 1 fully saturated rings. The second-order valence-electron chi connectivity index (χ2n) is 3.55. The molecule has 1 saturated carbocycles. The van der Waals surface area contributed by atoms with E-state index in [0.29, 0.717) is 6.04 Å². The van der Waals surface area contributed by atoms with Gasteiger partial charge in [0.05, 0.1) is 6.04 Å². The zero-order valence-corrected chi connectivity index (χ0v) is 7.13. The Bertz CT molecular complexity index is 152. The van der Waals surface area contributed by atoms with E-state index in [-0.39, 0.29) is 17.9 Å². The Morgan fingerprint density at radius 1 is 1.55 bits per heavy atom. The molecule has 0 aromatic rings. The molecule has 0 radical (unpaired) electrons. The number of rotatable bonds is 3. The SMILES string of the molecule is CC(C)[C@@H](N)C(=O)NC1CC1. The van der Waals surface area contributed by atoms with Crippen molar-refractivity contribution in [3.8, 4) is 0 Å². The zero-order chi connectivity index (χ0) is 8.43. The number of hydrogen-bond donors (Lipinski definition) is 2. The van der Waals surface area contributed by atoms with Crippen molar-refractivity contribution in [2.24, 2.45) is 11.7 Å². The lowest BCUT2D eigenvalue weighted by Crippen LogP contribution is -2.44. The van der Waals surface area contributed by atoms with Crippen molar-refractivity contribution in [3.63, 3.8) is 0 Å². The minimum absolute atomic E-state index is 0.00231. The molecule has 11 heavy (non-hydrogen) atoms. The summed E-state index contributed by atoms with van der Waals surface area (Å²) in [4.78, 5) is 11.2. The summed E-state index contributed by atoms with van der Waals surface area (Å²) in [5.41, 5.74) is 5.62. The first kappa shape index (κ1) is 8.53. The predicted molar refractivity (Wildman–Crippen MR) is 44.0 cm³/mol. The van der Waals surface area contributed by atoms with Crippen molar-refractivity contribution >= 4 is 5.91 Å². The van der Waals surface area contributed by atoms with Crippen LogP contribution in [0.25, 0.3) is 0 Å². The first-order chi connectivity index (χ1) is 5.11. The molecule has 0 aliphatic heterocycles. The Morgan fingerprint density at radius 2 is 2.09 bits per heavy atom. The molecule has 1 rings (SSSR count). The van der Waals surface area contributed by atoms with Gasteiger partial charge in [0.15, 0.2) is 0 Å². The molecule has 1 aliphatic carbocycles. The van der Waals surface area contributed by atoms with Crippen LogP contribution in [0.4, 0.5) is 0 Å². The summed E-state index contributed by atoms with van der Waals surface area (Å²) in [5, 5.41) is 2.87. The minimum atomic E-state index is -0.337. The number of carbonyl (C=O) groups excluding carboxylic acids is 1. The van der Waals surface area contributed by atoms with E-state index < -0.39 is 0 Å². The van der Waals surface area contributed by atoms with Crippen LogP contribution in [0.3, 0.4) is 0 Å². The lowest BCUT2D eigenvalue weighted by atomic mass is 10.1. The number of nitrogens with one attached hydrogen (secondary N) is 1. The summed E-state index contributed by atoms with van der Waals surface area (Å²) in [6, 6.07) is 0.0860. The fourth-order valence-corrected chi connectivity index (χ4v) is 0.828. The van der Waals surface area contributed by atoms with Crippen LogP contribution in [-0.4, -0.2) is 18.0 Å². The standard InChI is InChI=1S/C8H16N2O/c1-5(2)7(9)8(11)10-6-3-4-6/h5-7H,3-4,9H2,1-2H3,(H,10,11)/t7-/m1/s1. The van der Waals surface area contributed by atoms with Gasteiger partial charge in [-0.2, -0.15) is 0 Å². The molecular weight excluding hydrogens is 140 g/mol. The molecule has 0 aromatic heterocycles. The Morgan fingerprint density at radius 3 is 2.45 bits per heavy atom. The average Bonchev–Trinajstić information content (AvgIpc) is 2.69. The fraction of sp³-hybridized carbons (Fsp3) is 0.875. The minimum Gasteiger partial charge on any atom is -0.352 e. The summed E-state index contributed by atoms with van der Waals surface area (Å²) >= 11 is 0. The van der Waals surface area contributed by atoms with Gasteiger partial charge in [0.1, 0.15) is 0 Å². The van der Waals surface area contributed by atoms with Crippen molar-refractivity contribution in [1.29, 1.82) is 0 Å². The maximum absolute atomic E-state index is 11.2. The van der Waals surface area contributed by atoms with Crippen LogP contribution in [0, 0.1) is 5.92 Å². The number of nitrogens with two attached hydrogens (primary N) is 1. The number of hydrogen-bond acceptors (Lipinski definition) is 2. The third-order valence-electron chi connectivity index (χ3n) is 1.94. The lowest BCUT2D eigenvalue weighted by molar-refractivity contribution is -0.123. The van der Waals surface area contributed by atoms with E-state index in [1.54, 1.807) is 0 Å². The molecule has 1 amide bonds. The molecule has 1 atom stereocenters. The summed E-state index contributed by atoms with van der Waals surface area (Å²) in [5.74, 6) is 0.233. The van der Waals surface area contributed by atoms with Crippen LogP contribution >= 0.6 is 0 Å². The molecule has 1 aliphatic rings. The van der Waals surface area contributed by atoms with Crippen LogP contribution in [-0.2, 0) is 4.79 Å². The highest BCUT2D eigenvalue weighted by Crippen LogP contribution is 2.18. The van der Waals surface area contributed by atoms with Crippen LogP contribution in [0.1, 0.15) is 26.7 Å². The molecule has 0 saturated heterocycles. The highest BCUT2D eigenvalue weighted by Gasteiger charge is 2.26. The summed E-state index contributed by atoms with van der Waals surface area (Å²) in [7, 11) is 0. The molecule has 3 N–H and O–H groups in total. The first-order valence-electron chi connectivity index (χ1n) is 4.17. The van der Waals surface area contributed by atoms with E-state index in [9.17, 15) is 4.79 Å². The van der Waals surface area contributed by atoms with Gasteiger partial charge in [-0.3, -0.25) is 4.79 Å². The second kappa shape index (κ2) is 3.22. The smallest absolute Gasteiger partial charge is 0.237 e. The van der Waals surface area contributed by atoms with E-state index in [1.807, 2.05) is 13.8 Å². The Hall–Kier alpha value is -0.570. The van der Waals surface area contributed by atoms with Gasteiger partial charge in [0.2, 0.25) is 5.91 Å². The monoisotopic (exact) mass is 156 g/mol. The summed E-state index contributed by atoms with van der Waals surface area (Å²) in [6.07, 6.45) is 2.24. The van der Waals surface area contributed by atoms with Gasteiger partial charge >= 0.3 is 0 Å². The topological polar surface area (TPSA) is 55.1 Å². The predicted octanol–water partition coefficient (Wildman–Crippen LogP) is 0.248. The molecule has 0 bridgehead atoms. The highest BCUT2D eigenvalue weighted by atomic mass is 16.2. The second-order valence-corrected chi connectivity index (χ2v) is 3.55. The number of carbonyl (C=O) groups is 1. The van der Waals surface area contributed by atoms with Gasteiger partial charge in [-0.25, -0.2) is 0 Å². The number of amides is 1. The molecule has 64 valence electrons. The van der Waals surface area contributed by atoms with Crippen molar-refractivity contribution in [2.75, 3.05) is 0 Å². The van der Waals surface area contributed by atoms with Gasteiger partial charge in [-0.05, 0) is 18.8 Å². The van der Waals surface area contributed by atoms with Gasteiger partial charge < -0.3 is 11.1 Å². The molecule has 3 heteroatoms. The molecule has 0 aromatic carbocycles. The van der Waals surface area contributed by atoms with Gasteiger partial charge in [-0.15, -0.1) is 0 Å². The normalized spacial score (nSPS) is 20.0. The maximum Gasteiger partial charge on any atom is 0.237 e. The third kappa shape index (κ3) is 2.50. The highest BCUT2D eigenvalue weighted by molar-refractivity contribution is 5.82. The van der Waals surface area contributed by atoms with E-state index in [2.05, 4.69) is 5.32 Å². The van der Waals surface area contributed by atoms with Crippen LogP contribution < -0.4 is 11.1 Å². The summed E-state index contributed by atoms with van der Waals surface area (Å²) in [6.45, 7) is 3.91. The first-order valence-corrected chi connectivity index (χ1v) is 4.17. The van der Waals surface area contributed by atoms with Crippen molar-refractivity contribution in [1.82, 2.24) is 5.32 Å². The molecule has 0 unspecified atom stereocenters. The Labute approximate surface area is 67.3 Å². The molecular formula is C8H16N2O. The molecule has 0 heterocycles. The van der Waals surface area contributed by atoms with Crippen LogP contribution in [0.2, 0.25) is 0 Å². The van der Waals surface area contributed by atoms with Crippen molar-refractivity contribution < 1.29 is 4.79 Å².